The molecule has 1 aromatic carbocycles. The van der Waals surface area contributed by atoms with Crippen molar-refractivity contribution in [1.29, 1.82) is 0 Å². The Labute approximate surface area is 104 Å². The molecule has 2 aromatic heterocycles. The molecule has 0 spiro atoms. The van der Waals surface area contributed by atoms with Crippen molar-refractivity contribution in [2.45, 2.75) is 13.3 Å². The minimum absolute atomic E-state index is 0.0196. The van der Waals surface area contributed by atoms with E-state index < -0.39 is 5.97 Å². The van der Waals surface area contributed by atoms with Crippen LogP contribution in [0.3, 0.4) is 0 Å². The lowest BCUT2D eigenvalue weighted by Gasteiger charge is -2.06. The highest BCUT2D eigenvalue weighted by Crippen LogP contribution is 2.20. The summed E-state index contributed by atoms with van der Waals surface area (Å²) in [6.45, 7) is 2.02. The van der Waals surface area contributed by atoms with Gasteiger partial charge in [0.15, 0.2) is 0 Å². The highest BCUT2D eigenvalue weighted by molar-refractivity contribution is 5.83. The Morgan fingerprint density at radius 1 is 1.33 bits per heavy atom. The maximum Gasteiger partial charge on any atom is 0.309 e. The van der Waals surface area contributed by atoms with Crippen LogP contribution in [0, 0.1) is 6.92 Å². The number of carbonyl (C=O) groups is 1. The number of hydrogen-bond acceptors (Lipinski definition) is 2. The number of rotatable bonds is 2. The molecule has 0 saturated carbocycles. The normalized spacial score (nSPS) is 11.2. The average Bonchev–Trinajstić information content (AvgIpc) is 2.72. The number of fused-ring (bicyclic) bond motifs is 3. The van der Waals surface area contributed by atoms with Gasteiger partial charge in [-0.1, -0.05) is 12.1 Å². The van der Waals surface area contributed by atoms with Crippen LogP contribution < -0.4 is 0 Å². The Hall–Kier alpha value is -2.36. The molecule has 4 heteroatoms. The fourth-order valence-corrected chi connectivity index (χ4v) is 2.23. The van der Waals surface area contributed by atoms with E-state index in [4.69, 9.17) is 5.11 Å². The molecule has 0 aliphatic rings. The number of nitrogens with zero attached hydrogens (tertiary/aromatic N) is 2. The summed E-state index contributed by atoms with van der Waals surface area (Å²) >= 11 is 0. The molecule has 0 atom stereocenters. The minimum atomic E-state index is -0.846. The first-order chi connectivity index (χ1) is 8.65. The molecule has 0 aliphatic heterocycles. The fraction of sp³-hybridized carbons (Fsp3) is 0.143. The maximum atomic E-state index is 10.9. The van der Waals surface area contributed by atoms with Crippen LogP contribution in [0.5, 0.6) is 0 Å². The SMILES string of the molecule is Cc1ccc2ccc3ncc(CC(=O)O)n3c2c1. The van der Waals surface area contributed by atoms with Gasteiger partial charge in [0.25, 0.3) is 0 Å². The average molecular weight is 240 g/mol. The van der Waals surface area contributed by atoms with Gasteiger partial charge in [0.2, 0.25) is 0 Å². The molecule has 0 radical (unpaired) electrons. The number of aromatic nitrogens is 2. The van der Waals surface area contributed by atoms with Crippen LogP contribution in [0.1, 0.15) is 11.3 Å². The topological polar surface area (TPSA) is 54.6 Å². The monoisotopic (exact) mass is 240 g/mol. The first kappa shape index (κ1) is 10.8. The van der Waals surface area contributed by atoms with E-state index in [9.17, 15) is 4.79 Å². The number of carboxylic acids is 1. The zero-order valence-electron chi connectivity index (χ0n) is 9.92. The lowest BCUT2D eigenvalue weighted by atomic mass is 10.1. The van der Waals surface area contributed by atoms with Crippen molar-refractivity contribution in [2.75, 3.05) is 0 Å². The summed E-state index contributed by atoms with van der Waals surface area (Å²) in [6, 6.07) is 10.0. The van der Waals surface area contributed by atoms with Gasteiger partial charge in [-0.25, -0.2) is 4.98 Å². The van der Waals surface area contributed by atoms with Crippen molar-refractivity contribution in [3.05, 3.63) is 47.8 Å². The van der Waals surface area contributed by atoms with E-state index in [0.717, 1.165) is 22.1 Å². The van der Waals surface area contributed by atoms with Crippen molar-refractivity contribution in [3.8, 4) is 0 Å². The number of carboxylic acid groups (broad SMARTS) is 1. The standard InChI is InChI=1S/C14H12N2O2/c1-9-2-3-10-4-5-13-15-8-11(7-14(17)18)16(13)12(10)6-9/h2-6,8H,7H2,1H3,(H,17,18). The summed E-state index contributed by atoms with van der Waals surface area (Å²) in [5.74, 6) is -0.846. The molecule has 0 fully saturated rings. The predicted octanol–water partition coefficient (Wildman–Crippen LogP) is 2.42. The predicted molar refractivity (Wildman–Crippen MR) is 68.8 cm³/mol. The Balaban J connectivity index is 2.39. The lowest BCUT2D eigenvalue weighted by Crippen LogP contribution is -2.03. The Kier molecular flexibility index (Phi) is 2.30. The van der Waals surface area contributed by atoms with Gasteiger partial charge < -0.3 is 5.11 Å². The Morgan fingerprint density at radius 2 is 2.11 bits per heavy atom. The van der Waals surface area contributed by atoms with Gasteiger partial charge in [-0.15, -0.1) is 0 Å². The summed E-state index contributed by atoms with van der Waals surface area (Å²) in [5, 5.41) is 10.0. The van der Waals surface area contributed by atoms with Gasteiger partial charge in [0.05, 0.1) is 17.6 Å². The van der Waals surface area contributed by atoms with E-state index in [2.05, 4.69) is 11.1 Å². The molecule has 0 unspecified atom stereocenters. The Bertz CT molecular complexity index is 759. The number of imidazole rings is 1. The van der Waals surface area contributed by atoms with Gasteiger partial charge >= 0.3 is 5.97 Å². The van der Waals surface area contributed by atoms with Crippen molar-refractivity contribution < 1.29 is 9.90 Å². The first-order valence-electron chi connectivity index (χ1n) is 5.72. The van der Waals surface area contributed by atoms with E-state index in [1.807, 2.05) is 35.6 Å². The third-order valence-electron chi connectivity index (χ3n) is 3.03. The molecule has 0 amide bonds. The van der Waals surface area contributed by atoms with Crippen molar-refractivity contribution in [1.82, 2.24) is 9.38 Å². The van der Waals surface area contributed by atoms with Crippen LogP contribution in [0.2, 0.25) is 0 Å². The second-order valence-corrected chi connectivity index (χ2v) is 4.41. The number of aryl methyl sites for hydroxylation is 1. The molecular formula is C14H12N2O2. The van der Waals surface area contributed by atoms with E-state index >= 15 is 0 Å². The second kappa shape index (κ2) is 3.84. The van der Waals surface area contributed by atoms with Crippen LogP contribution in [-0.4, -0.2) is 20.5 Å². The largest absolute Gasteiger partial charge is 0.481 e. The van der Waals surface area contributed by atoms with Gasteiger partial charge in [-0.05, 0) is 36.1 Å². The molecular weight excluding hydrogens is 228 g/mol. The molecule has 0 saturated heterocycles. The third kappa shape index (κ3) is 1.62. The molecule has 0 aliphatic carbocycles. The quantitative estimate of drug-likeness (QED) is 0.748. The van der Waals surface area contributed by atoms with Crippen LogP contribution >= 0.6 is 0 Å². The smallest absolute Gasteiger partial charge is 0.309 e. The molecule has 4 nitrogen and oxygen atoms in total. The molecule has 2 heterocycles. The van der Waals surface area contributed by atoms with Gasteiger partial charge in [0, 0.05) is 6.20 Å². The van der Waals surface area contributed by atoms with E-state index in [1.165, 1.54) is 0 Å². The first-order valence-corrected chi connectivity index (χ1v) is 5.72. The fourth-order valence-electron chi connectivity index (χ4n) is 2.23. The van der Waals surface area contributed by atoms with Crippen LogP contribution in [0.25, 0.3) is 16.6 Å². The summed E-state index contributed by atoms with van der Waals surface area (Å²) in [4.78, 5) is 15.1. The summed E-state index contributed by atoms with van der Waals surface area (Å²) in [7, 11) is 0. The number of hydrogen-bond donors (Lipinski definition) is 1. The molecule has 1 N–H and O–H groups in total. The summed E-state index contributed by atoms with van der Waals surface area (Å²) < 4.78 is 1.91. The van der Waals surface area contributed by atoms with E-state index in [-0.39, 0.29) is 6.42 Å². The summed E-state index contributed by atoms with van der Waals surface area (Å²) in [6.07, 6.45) is 1.61. The zero-order chi connectivity index (χ0) is 12.7. The number of aliphatic carboxylic acids is 1. The summed E-state index contributed by atoms with van der Waals surface area (Å²) in [5.41, 5.74) is 3.63. The lowest BCUT2D eigenvalue weighted by molar-refractivity contribution is -0.136. The van der Waals surface area contributed by atoms with Gasteiger partial charge in [-0.2, -0.15) is 0 Å². The number of benzene rings is 1. The van der Waals surface area contributed by atoms with Crippen LogP contribution in [-0.2, 0) is 11.2 Å². The molecule has 3 aromatic rings. The van der Waals surface area contributed by atoms with E-state index in [1.54, 1.807) is 6.20 Å². The second-order valence-electron chi connectivity index (χ2n) is 4.41. The highest BCUT2D eigenvalue weighted by Gasteiger charge is 2.10. The van der Waals surface area contributed by atoms with Crippen LogP contribution in [0.4, 0.5) is 0 Å². The number of pyridine rings is 1. The van der Waals surface area contributed by atoms with Crippen molar-refractivity contribution in [3.63, 3.8) is 0 Å². The maximum absolute atomic E-state index is 10.9. The van der Waals surface area contributed by atoms with Gasteiger partial charge in [-0.3, -0.25) is 9.20 Å². The zero-order valence-corrected chi connectivity index (χ0v) is 9.92. The van der Waals surface area contributed by atoms with E-state index in [0.29, 0.717) is 5.69 Å². The highest BCUT2D eigenvalue weighted by atomic mass is 16.4. The molecule has 3 rings (SSSR count). The van der Waals surface area contributed by atoms with Crippen LogP contribution in [0.15, 0.2) is 36.5 Å². The third-order valence-corrected chi connectivity index (χ3v) is 3.03. The Morgan fingerprint density at radius 3 is 2.89 bits per heavy atom. The van der Waals surface area contributed by atoms with Crippen molar-refractivity contribution in [2.24, 2.45) is 0 Å². The molecule has 0 bridgehead atoms. The van der Waals surface area contributed by atoms with Gasteiger partial charge in [0.1, 0.15) is 5.65 Å². The molecule has 18 heavy (non-hydrogen) atoms. The van der Waals surface area contributed by atoms with Crippen molar-refractivity contribution >= 4 is 22.5 Å². The minimum Gasteiger partial charge on any atom is -0.481 e. The molecule has 90 valence electrons.